The molecular formula is C21H21N3. The number of rotatable bonds is 2. The number of nitrogens with one attached hydrogen (secondary N) is 1. The molecule has 0 amide bonds. The van der Waals surface area contributed by atoms with E-state index in [9.17, 15) is 0 Å². The molecular weight excluding hydrogens is 294 g/mol. The van der Waals surface area contributed by atoms with Gasteiger partial charge < -0.3 is 5.32 Å². The van der Waals surface area contributed by atoms with E-state index in [4.69, 9.17) is 9.97 Å². The molecule has 1 aliphatic heterocycles. The van der Waals surface area contributed by atoms with Gasteiger partial charge in [-0.1, -0.05) is 47.5 Å². The molecule has 3 aromatic rings. The lowest BCUT2D eigenvalue weighted by atomic mass is 10.0. The Kier molecular flexibility index (Phi) is 3.77. The van der Waals surface area contributed by atoms with Crippen molar-refractivity contribution in [2.24, 2.45) is 0 Å². The molecule has 1 N–H and O–H groups in total. The zero-order chi connectivity index (χ0) is 16.5. The first kappa shape index (κ1) is 14.9. The fourth-order valence-corrected chi connectivity index (χ4v) is 3.24. The summed E-state index contributed by atoms with van der Waals surface area (Å²) in [5.74, 6) is 0.939. The van der Waals surface area contributed by atoms with Crippen LogP contribution in [0.2, 0.25) is 0 Å². The maximum atomic E-state index is 5.01. The second-order valence-corrected chi connectivity index (χ2v) is 6.49. The van der Waals surface area contributed by atoms with Gasteiger partial charge in [0.25, 0.3) is 0 Å². The van der Waals surface area contributed by atoms with Gasteiger partial charge in [-0.25, -0.2) is 9.97 Å². The van der Waals surface area contributed by atoms with Gasteiger partial charge in [0.05, 0.1) is 17.1 Å². The molecule has 0 saturated heterocycles. The minimum Gasteiger partial charge on any atom is -0.369 e. The lowest BCUT2D eigenvalue weighted by Crippen LogP contribution is -2.16. The number of hydrogen-bond acceptors (Lipinski definition) is 3. The lowest BCUT2D eigenvalue weighted by molar-refractivity contribution is 0.790. The van der Waals surface area contributed by atoms with Gasteiger partial charge in [0.2, 0.25) is 0 Å². The van der Waals surface area contributed by atoms with Gasteiger partial charge in [0.15, 0.2) is 0 Å². The molecule has 120 valence electrons. The Balaban J connectivity index is 1.96. The predicted octanol–water partition coefficient (Wildman–Crippen LogP) is 4.79. The van der Waals surface area contributed by atoms with Crippen LogP contribution in [0.3, 0.4) is 0 Å². The van der Waals surface area contributed by atoms with Gasteiger partial charge >= 0.3 is 0 Å². The lowest BCUT2D eigenvalue weighted by Gasteiger charge is -2.19. The van der Waals surface area contributed by atoms with Crippen LogP contribution in [0.1, 0.15) is 23.2 Å². The van der Waals surface area contributed by atoms with Crippen molar-refractivity contribution in [3.05, 3.63) is 65.4 Å². The minimum atomic E-state index is 0.939. The number of aromatic nitrogens is 2. The highest BCUT2D eigenvalue weighted by molar-refractivity contribution is 5.80. The highest BCUT2D eigenvalue weighted by atomic mass is 15.0. The largest absolute Gasteiger partial charge is 0.369 e. The number of nitrogens with zero attached hydrogens (tertiary/aromatic N) is 2. The summed E-state index contributed by atoms with van der Waals surface area (Å²) in [6.45, 7) is 5.20. The van der Waals surface area contributed by atoms with Crippen molar-refractivity contribution in [2.75, 3.05) is 11.9 Å². The van der Waals surface area contributed by atoms with E-state index < -0.39 is 0 Å². The Morgan fingerprint density at radius 3 is 2.08 bits per heavy atom. The third kappa shape index (κ3) is 2.78. The molecule has 1 aliphatic rings. The van der Waals surface area contributed by atoms with Crippen molar-refractivity contribution in [3.63, 3.8) is 0 Å². The maximum absolute atomic E-state index is 5.01. The number of anilines is 1. The van der Waals surface area contributed by atoms with E-state index in [0.717, 1.165) is 53.4 Å². The first-order valence-electron chi connectivity index (χ1n) is 8.49. The molecule has 24 heavy (non-hydrogen) atoms. The molecule has 0 aliphatic carbocycles. The summed E-state index contributed by atoms with van der Waals surface area (Å²) < 4.78 is 0. The van der Waals surface area contributed by atoms with Gasteiger partial charge in [-0.15, -0.1) is 0 Å². The third-order valence-electron chi connectivity index (χ3n) is 4.43. The Hall–Kier alpha value is -2.68. The van der Waals surface area contributed by atoms with Crippen LogP contribution in [-0.4, -0.2) is 16.5 Å². The van der Waals surface area contributed by atoms with Gasteiger partial charge in [0.1, 0.15) is 5.82 Å². The van der Waals surface area contributed by atoms with Crippen molar-refractivity contribution >= 4 is 5.82 Å². The molecule has 3 nitrogen and oxygen atoms in total. The first-order valence-corrected chi connectivity index (χ1v) is 8.49. The molecule has 1 aromatic heterocycles. The summed E-state index contributed by atoms with van der Waals surface area (Å²) >= 11 is 0. The van der Waals surface area contributed by atoms with E-state index in [0.29, 0.717) is 0 Å². The molecule has 3 heteroatoms. The normalized spacial score (nSPS) is 13.2. The standard InChI is InChI=1S/C21H21N3/c1-14-6-3-8-16(12-14)19-20(17-9-4-7-15(2)13-17)24-21-18(23-19)10-5-11-22-21/h3-4,6-9,12-13H,5,10-11H2,1-2H3,(H,22,24). The highest BCUT2D eigenvalue weighted by Gasteiger charge is 2.18. The van der Waals surface area contributed by atoms with Gasteiger partial charge in [-0.3, -0.25) is 0 Å². The van der Waals surface area contributed by atoms with E-state index in [1.807, 2.05) is 0 Å². The van der Waals surface area contributed by atoms with Crippen LogP contribution in [0.15, 0.2) is 48.5 Å². The molecule has 2 heterocycles. The molecule has 2 aromatic carbocycles. The number of aryl methyl sites for hydroxylation is 3. The smallest absolute Gasteiger partial charge is 0.148 e. The fraction of sp³-hybridized carbons (Fsp3) is 0.238. The number of fused-ring (bicyclic) bond motifs is 1. The molecule has 0 atom stereocenters. The van der Waals surface area contributed by atoms with Gasteiger partial charge in [-0.2, -0.15) is 0 Å². The second kappa shape index (κ2) is 6.08. The Morgan fingerprint density at radius 1 is 0.833 bits per heavy atom. The Labute approximate surface area is 142 Å². The van der Waals surface area contributed by atoms with Crippen molar-refractivity contribution < 1.29 is 0 Å². The van der Waals surface area contributed by atoms with Gasteiger partial charge in [-0.05, 0) is 38.8 Å². The average molecular weight is 315 g/mol. The van der Waals surface area contributed by atoms with Crippen LogP contribution < -0.4 is 5.32 Å². The molecule has 0 spiro atoms. The SMILES string of the molecule is Cc1cccc(-c2nc3c(nc2-c2cccc(C)c2)NCCC3)c1. The van der Waals surface area contributed by atoms with Crippen LogP contribution >= 0.6 is 0 Å². The van der Waals surface area contributed by atoms with Crippen molar-refractivity contribution in [1.29, 1.82) is 0 Å². The van der Waals surface area contributed by atoms with Crippen molar-refractivity contribution in [1.82, 2.24) is 9.97 Å². The van der Waals surface area contributed by atoms with E-state index in [2.05, 4.69) is 67.7 Å². The quantitative estimate of drug-likeness (QED) is 0.739. The van der Waals surface area contributed by atoms with Crippen LogP contribution in [0.25, 0.3) is 22.5 Å². The fourth-order valence-electron chi connectivity index (χ4n) is 3.24. The molecule has 0 radical (unpaired) electrons. The van der Waals surface area contributed by atoms with E-state index in [1.165, 1.54) is 11.1 Å². The zero-order valence-corrected chi connectivity index (χ0v) is 14.1. The summed E-state index contributed by atoms with van der Waals surface area (Å²) in [5.41, 5.74) is 7.73. The summed E-state index contributed by atoms with van der Waals surface area (Å²) in [6.07, 6.45) is 2.10. The molecule has 0 saturated carbocycles. The minimum absolute atomic E-state index is 0.939. The van der Waals surface area contributed by atoms with E-state index in [-0.39, 0.29) is 0 Å². The molecule has 0 bridgehead atoms. The highest BCUT2D eigenvalue weighted by Crippen LogP contribution is 2.33. The van der Waals surface area contributed by atoms with Crippen LogP contribution in [0, 0.1) is 13.8 Å². The summed E-state index contributed by atoms with van der Waals surface area (Å²) in [4.78, 5) is 9.96. The Bertz CT molecular complexity index is 825. The van der Waals surface area contributed by atoms with E-state index >= 15 is 0 Å². The molecule has 0 fully saturated rings. The van der Waals surface area contributed by atoms with Crippen molar-refractivity contribution in [2.45, 2.75) is 26.7 Å². The topological polar surface area (TPSA) is 37.8 Å². The predicted molar refractivity (Wildman–Crippen MR) is 99.2 cm³/mol. The van der Waals surface area contributed by atoms with Crippen LogP contribution in [-0.2, 0) is 6.42 Å². The third-order valence-corrected chi connectivity index (χ3v) is 4.43. The monoisotopic (exact) mass is 315 g/mol. The number of hydrogen-bond donors (Lipinski definition) is 1. The maximum Gasteiger partial charge on any atom is 0.148 e. The first-order chi connectivity index (χ1) is 11.7. The molecule has 4 rings (SSSR count). The van der Waals surface area contributed by atoms with Crippen molar-refractivity contribution in [3.8, 4) is 22.5 Å². The van der Waals surface area contributed by atoms with Gasteiger partial charge in [0, 0.05) is 17.7 Å². The number of benzene rings is 2. The van der Waals surface area contributed by atoms with Crippen LogP contribution in [0.5, 0.6) is 0 Å². The summed E-state index contributed by atoms with van der Waals surface area (Å²) in [7, 11) is 0. The van der Waals surface area contributed by atoms with E-state index in [1.54, 1.807) is 0 Å². The average Bonchev–Trinajstić information content (AvgIpc) is 2.60. The molecule has 0 unspecified atom stereocenters. The second-order valence-electron chi connectivity index (χ2n) is 6.49. The van der Waals surface area contributed by atoms with Crippen LogP contribution in [0.4, 0.5) is 5.82 Å². The summed E-state index contributed by atoms with van der Waals surface area (Å²) in [5, 5.41) is 3.40. The summed E-state index contributed by atoms with van der Waals surface area (Å²) in [6, 6.07) is 17.0. The Morgan fingerprint density at radius 2 is 1.46 bits per heavy atom. The zero-order valence-electron chi connectivity index (χ0n) is 14.1.